The van der Waals surface area contributed by atoms with Gasteiger partial charge in [0.25, 0.3) is 0 Å². The molecule has 0 aromatic carbocycles. The highest BCUT2D eigenvalue weighted by Crippen LogP contribution is 2.25. The van der Waals surface area contributed by atoms with Crippen molar-refractivity contribution in [2.45, 2.75) is 18.9 Å². The van der Waals surface area contributed by atoms with Crippen molar-refractivity contribution in [3.05, 3.63) is 33.0 Å². The van der Waals surface area contributed by atoms with Gasteiger partial charge >= 0.3 is 0 Å². The number of hydrogen-bond donors (Lipinski definition) is 1. The van der Waals surface area contributed by atoms with Crippen LogP contribution in [0, 0.1) is 0 Å². The molecule has 22 heavy (non-hydrogen) atoms. The largest absolute Gasteiger partial charge is 0.381 e. The third-order valence-electron chi connectivity index (χ3n) is 2.23. The molecule has 6 nitrogen and oxygen atoms in total. The summed E-state index contributed by atoms with van der Waals surface area (Å²) < 4.78 is 0.520. The summed E-state index contributed by atoms with van der Waals surface area (Å²) in [4.78, 5) is 26.6. The van der Waals surface area contributed by atoms with Crippen LogP contribution in [0.1, 0.15) is 13.1 Å². The van der Waals surface area contributed by atoms with E-state index in [0.29, 0.717) is 38.6 Å². The fourth-order valence-electron chi connectivity index (χ4n) is 1.38. The molecule has 2 N–H and O–H groups in total. The minimum Gasteiger partial charge on any atom is -0.381 e. The lowest BCUT2D eigenvalue weighted by Gasteiger charge is -2.11. The minimum atomic E-state index is 0. The molecule has 3 rings (SSSR count). The van der Waals surface area contributed by atoms with Gasteiger partial charge in [-0.15, -0.1) is 0 Å². The second-order valence-corrected chi connectivity index (χ2v) is 6.31. The lowest BCUT2D eigenvalue weighted by atomic mass is 10.2. The maximum Gasteiger partial charge on any atom is 0.158 e. The molecule has 2 aromatic heterocycles. The first kappa shape index (κ1) is 19.1. The molecule has 0 saturated carbocycles. The number of nitrogens with two attached hydrogens (primary N) is 1. The maximum atomic E-state index is 11.0. The smallest absolute Gasteiger partial charge is 0.158 e. The number of nitrogen functional groups attached to an aromatic ring is 1. The quantitative estimate of drug-likeness (QED) is 0.691. The summed E-state index contributed by atoms with van der Waals surface area (Å²) in [7, 11) is 0. The Morgan fingerprint density at radius 1 is 1.18 bits per heavy atom. The maximum absolute atomic E-state index is 11.0. The molecule has 0 saturated heterocycles. The van der Waals surface area contributed by atoms with Crippen LogP contribution in [0.4, 0.5) is 5.82 Å². The molecule has 0 bridgehead atoms. The van der Waals surface area contributed by atoms with Gasteiger partial charge in [-0.1, -0.05) is 42.4 Å². The predicted octanol–water partition coefficient (Wildman–Crippen LogP) is 3.46. The first-order valence-electron chi connectivity index (χ1n) is 5.55. The number of aromatic nitrogens is 4. The van der Waals surface area contributed by atoms with Crippen LogP contribution in [-0.2, 0) is 11.2 Å². The topological polar surface area (TPSA) is 94.7 Å². The van der Waals surface area contributed by atoms with Crippen molar-refractivity contribution in [2.24, 2.45) is 0 Å². The normalized spacial score (nSPS) is 12.6. The monoisotopic (exact) mass is 423 g/mol. The zero-order valence-electron chi connectivity index (χ0n) is 10.4. The Morgan fingerprint density at radius 3 is 2.45 bits per heavy atom. The average Bonchev–Trinajstić information content (AvgIpc) is 2.43. The van der Waals surface area contributed by atoms with Gasteiger partial charge in [0, 0.05) is 0 Å². The summed E-state index contributed by atoms with van der Waals surface area (Å²) in [5, 5.41) is 1.48. The van der Waals surface area contributed by atoms with Crippen LogP contribution in [0.2, 0.25) is 10.3 Å². The SMILES string of the molecule is C.Nc1nc(Cl)cnc1Br.O=C1CSc2ncc(Cl)nc2C1. The van der Waals surface area contributed by atoms with Gasteiger partial charge in [0.2, 0.25) is 0 Å². The van der Waals surface area contributed by atoms with Crippen LogP contribution in [0.5, 0.6) is 0 Å². The first-order chi connectivity index (χ1) is 9.95. The third kappa shape index (κ3) is 5.35. The zero-order valence-corrected chi connectivity index (χ0v) is 14.3. The summed E-state index contributed by atoms with van der Waals surface area (Å²) >= 11 is 15.6. The van der Waals surface area contributed by atoms with Crippen molar-refractivity contribution < 1.29 is 4.79 Å². The van der Waals surface area contributed by atoms with Gasteiger partial charge in [-0.3, -0.25) is 4.79 Å². The Balaban J connectivity index is 0.000000219. The number of fused-ring (bicyclic) bond motifs is 1. The summed E-state index contributed by atoms with van der Waals surface area (Å²) in [5.41, 5.74) is 6.03. The van der Waals surface area contributed by atoms with Gasteiger partial charge in [-0.05, 0) is 15.9 Å². The standard InChI is InChI=1S/C7H5ClN2OS.C4H3BrClN3.CH4/c8-6-2-9-7-5(10-6)1-4(11)3-12-7;5-3-4(7)9-2(6)1-8-3;/h2H,1,3H2;1H,(H2,7,9);1H4. The van der Waals surface area contributed by atoms with Crippen molar-refractivity contribution in [3.63, 3.8) is 0 Å². The summed E-state index contributed by atoms with van der Waals surface area (Å²) in [6.07, 6.45) is 3.29. The number of nitrogens with zero attached hydrogens (tertiary/aromatic N) is 4. The molecule has 1 aliphatic heterocycles. The van der Waals surface area contributed by atoms with Gasteiger partial charge in [0.05, 0.1) is 30.3 Å². The van der Waals surface area contributed by atoms with Crippen LogP contribution in [-0.4, -0.2) is 31.5 Å². The van der Waals surface area contributed by atoms with E-state index in [0.717, 1.165) is 5.03 Å². The fourth-order valence-corrected chi connectivity index (χ4v) is 2.67. The molecule has 0 unspecified atom stereocenters. The molecule has 0 fully saturated rings. The molecule has 0 aliphatic carbocycles. The molecule has 0 spiro atoms. The molecular formula is C12H12BrCl2N5OS. The number of carbonyl (C=O) groups excluding carboxylic acids is 1. The van der Waals surface area contributed by atoms with E-state index in [2.05, 4.69) is 35.9 Å². The number of halogens is 3. The number of carbonyl (C=O) groups is 1. The highest BCUT2D eigenvalue weighted by Gasteiger charge is 2.18. The van der Waals surface area contributed by atoms with E-state index in [1.54, 1.807) is 0 Å². The molecule has 3 heterocycles. The Kier molecular flexibility index (Phi) is 7.47. The molecule has 10 heteroatoms. The Labute approximate surface area is 150 Å². The molecular weight excluding hydrogens is 413 g/mol. The second-order valence-electron chi connectivity index (χ2n) is 3.82. The van der Waals surface area contributed by atoms with Crippen molar-refractivity contribution in [3.8, 4) is 0 Å². The van der Waals surface area contributed by atoms with Crippen LogP contribution in [0.15, 0.2) is 22.0 Å². The number of hydrogen-bond acceptors (Lipinski definition) is 7. The van der Waals surface area contributed by atoms with E-state index in [4.69, 9.17) is 28.9 Å². The van der Waals surface area contributed by atoms with Crippen LogP contribution < -0.4 is 5.73 Å². The molecule has 0 radical (unpaired) electrons. The van der Waals surface area contributed by atoms with Crippen molar-refractivity contribution >= 4 is 62.5 Å². The van der Waals surface area contributed by atoms with Gasteiger partial charge in [-0.25, -0.2) is 19.9 Å². The number of rotatable bonds is 0. The minimum absolute atomic E-state index is 0. The van der Waals surface area contributed by atoms with Crippen LogP contribution in [0.3, 0.4) is 0 Å². The van der Waals surface area contributed by atoms with Gasteiger partial charge in [0.1, 0.15) is 25.7 Å². The Hall–Kier alpha value is -0.960. The molecule has 118 valence electrons. The summed E-state index contributed by atoms with van der Waals surface area (Å²) in [5.74, 6) is 0.995. The lowest BCUT2D eigenvalue weighted by Crippen LogP contribution is -2.14. The molecule has 2 aromatic rings. The highest BCUT2D eigenvalue weighted by molar-refractivity contribution is 9.10. The van der Waals surface area contributed by atoms with Crippen molar-refractivity contribution in [2.75, 3.05) is 11.5 Å². The van der Waals surface area contributed by atoms with Gasteiger partial charge < -0.3 is 5.73 Å². The Morgan fingerprint density at radius 2 is 1.82 bits per heavy atom. The average molecular weight is 425 g/mol. The third-order valence-corrected chi connectivity index (χ3v) is 4.29. The van der Waals surface area contributed by atoms with E-state index in [9.17, 15) is 4.79 Å². The number of ketones is 1. The molecule has 0 atom stereocenters. The van der Waals surface area contributed by atoms with E-state index < -0.39 is 0 Å². The van der Waals surface area contributed by atoms with Gasteiger partial charge in [0.15, 0.2) is 5.82 Å². The number of thioether (sulfide) groups is 1. The molecule has 1 aliphatic rings. The summed E-state index contributed by atoms with van der Waals surface area (Å²) in [6, 6.07) is 0. The fraction of sp³-hybridized carbons (Fsp3) is 0.250. The van der Waals surface area contributed by atoms with Gasteiger partial charge in [-0.2, -0.15) is 0 Å². The van der Waals surface area contributed by atoms with E-state index in [-0.39, 0.29) is 13.2 Å². The van der Waals surface area contributed by atoms with E-state index in [1.807, 2.05) is 0 Å². The van der Waals surface area contributed by atoms with E-state index in [1.165, 1.54) is 24.2 Å². The van der Waals surface area contributed by atoms with Crippen LogP contribution >= 0.6 is 50.9 Å². The van der Waals surface area contributed by atoms with Crippen molar-refractivity contribution in [1.29, 1.82) is 0 Å². The Bertz CT molecular complexity index is 689. The first-order valence-corrected chi connectivity index (χ1v) is 8.08. The van der Waals surface area contributed by atoms with Crippen molar-refractivity contribution in [1.82, 2.24) is 19.9 Å². The number of anilines is 1. The number of Topliss-reactive ketones (excluding diaryl/α,β-unsaturated/α-hetero) is 1. The lowest BCUT2D eigenvalue weighted by molar-refractivity contribution is -0.116. The predicted molar refractivity (Wildman–Crippen MR) is 92.4 cm³/mol. The highest BCUT2D eigenvalue weighted by atomic mass is 79.9. The molecule has 0 amide bonds. The second kappa shape index (κ2) is 8.61. The van der Waals surface area contributed by atoms with Crippen LogP contribution in [0.25, 0.3) is 0 Å². The van der Waals surface area contributed by atoms with E-state index >= 15 is 0 Å². The zero-order chi connectivity index (χ0) is 15.4. The summed E-state index contributed by atoms with van der Waals surface area (Å²) in [6.45, 7) is 0.